The van der Waals surface area contributed by atoms with Crippen molar-refractivity contribution in [1.82, 2.24) is 0 Å². The molecule has 3 nitrogen and oxygen atoms in total. The van der Waals surface area contributed by atoms with Crippen molar-refractivity contribution in [1.29, 1.82) is 0 Å². The minimum absolute atomic E-state index is 0.0944. The highest BCUT2D eigenvalue weighted by Crippen LogP contribution is 2.62. The number of benzene rings is 7. The molecule has 3 aliphatic rings. The van der Waals surface area contributed by atoms with E-state index in [1.807, 2.05) is 0 Å². The van der Waals surface area contributed by atoms with Gasteiger partial charge in [0.1, 0.15) is 0 Å². The predicted molar refractivity (Wildman–Crippen MR) is 203 cm³/mol. The van der Waals surface area contributed by atoms with Crippen LogP contribution in [0, 0.1) is 0 Å². The molecule has 0 spiro atoms. The summed E-state index contributed by atoms with van der Waals surface area (Å²) in [6, 6.07) is 53.1. The first-order valence-corrected chi connectivity index (χ1v) is 17.2. The highest BCUT2D eigenvalue weighted by atomic mass is 16.5. The number of anilines is 6. The summed E-state index contributed by atoms with van der Waals surface area (Å²) in [7, 11) is 0. The topological polar surface area (TPSA) is 15.7 Å². The molecule has 0 fully saturated rings. The van der Waals surface area contributed by atoms with Crippen molar-refractivity contribution in [3.8, 4) is 22.6 Å². The number of hydrogen-bond donors (Lipinski definition) is 0. The minimum Gasteiger partial charge on any atom is -0.453 e. The zero-order chi connectivity index (χ0) is 33.1. The Morgan fingerprint density at radius 3 is 2.02 bits per heavy atom. The number of para-hydroxylation sites is 2. The number of hydrogen-bond acceptors (Lipinski definition) is 3. The van der Waals surface area contributed by atoms with Gasteiger partial charge in [-0.1, -0.05) is 125 Å². The zero-order valence-corrected chi connectivity index (χ0v) is 28.2. The number of rotatable bonds is 3. The fourth-order valence-electron chi connectivity index (χ4n) is 8.73. The van der Waals surface area contributed by atoms with Crippen molar-refractivity contribution in [2.75, 3.05) is 9.80 Å². The van der Waals surface area contributed by atoms with Crippen LogP contribution in [0.5, 0.6) is 11.5 Å². The van der Waals surface area contributed by atoms with Crippen molar-refractivity contribution in [2.24, 2.45) is 0 Å². The van der Waals surface area contributed by atoms with Gasteiger partial charge in [0.05, 0.1) is 17.1 Å². The van der Waals surface area contributed by atoms with E-state index in [1.54, 1.807) is 0 Å². The molecule has 49 heavy (non-hydrogen) atoms. The maximum atomic E-state index is 6.69. The van der Waals surface area contributed by atoms with Crippen LogP contribution < -0.4 is 14.5 Å². The van der Waals surface area contributed by atoms with E-state index in [2.05, 4.69) is 183 Å². The molecular weight excluding hydrogens is 597 g/mol. The number of ether oxygens (including phenoxy) is 1. The second-order valence-corrected chi connectivity index (χ2v) is 14.6. The summed E-state index contributed by atoms with van der Waals surface area (Å²) in [5.74, 6) is 1.77. The van der Waals surface area contributed by atoms with Crippen LogP contribution in [0.4, 0.5) is 34.1 Å². The smallest absolute Gasteiger partial charge is 0.152 e. The minimum atomic E-state index is -0.234. The first-order valence-electron chi connectivity index (χ1n) is 17.2. The van der Waals surface area contributed by atoms with Gasteiger partial charge >= 0.3 is 0 Å². The van der Waals surface area contributed by atoms with Gasteiger partial charge in [-0.25, -0.2) is 0 Å². The Labute approximate surface area is 287 Å². The zero-order valence-electron chi connectivity index (χ0n) is 28.2. The molecular formula is C46H36N2O. The van der Waals surface area contributed by atoms with E-state index in [0.717, 1.165) is 39.9 Å². The molecule has 0 saturated carbocycles. The van der Waals surface area contributed by atoms with Crippen molar-refractivity contribution >= 4 is 44.9 Å². The van der Waals surface area contributed by atoms with Gasteiger partial charge in [0, 0.05) is 33.3 Å². The lowest BCUT2D eigenvalue weighted by Gasteiger charge is -2.45. The maximum absolute atomic E-state index is 6.69. The van der Waals surface area contributed by atoms with Gasteiger partial charge in [0.25, 0.3) is 0 Å². The predicted octanol–water partition coefficient (Wildman–Crippen LogP) is 12.8. The molecule has 0 saturated heterocycles. The monoisotopic (exact) mass is 632 g/mol. The highest BCUT2D eigenvalue weighted by Gasteiger charge is 2.42. The molecule has 0 amide bonds. The van der Waals surface area contributed by atoms with Crippen LogP contribution in [0.2, 0.25) is 0 Å². The molecule has 7 aromatic carbocycles. The Hall–Kier alpha value is -5.80. The summed E-state index contributed by atoms with van der Waals surface area (Å²) in [4.78, 5) is 4.89. The molecule has 236 valence electrons. The van der Waals surface area contributed by atoms with Crippen molar-refractivity contribution in [3.05, 3.63) is 168 Å². The lowest BCUT2D eigenvalue weighted by molar-refractivity contribution is 0.472. The Balaban J connectivity index is 1.22. The average Bonchev–Trinajstić information content (AvgIpc) is 3.36. The number of nitrogens with zero attached hydrogens (tertiary/aromatic N) is 2. The second-order valence-electron chi connectivity index (χ2n) is 14.6. The Morgan fingerprint density at radius 2 is 1.14 bits per heavy atom. The molecule has 0 unspecified atom stereocenters. The van der Waals surface area contributed by atoms with E-state index >= 15 is 0 Å². The molecule has 3 heteroatoms. The molecule has 10 rings (SSSR count). The van der Waals surface area contributed by atoms with Crippen LogP contribution in [0.25, 0.3) is 21.9 Å². The van der Waals surface area contributed by atoms with Crippen LogP contribution in [0.3, 0.4) is 0 Å². The fourth-order valence-corrected chi connectivity index (χ4v) is 8.73. The van der Waals surface area contributed by atoms with Crippen molar-refractivity contribution in [2.45, 2.75) is 38.5 Å². The summed E-state index contributed by atoms with van der Waals surface area (Å²) in [5.41, 5.74) is 14.4. The van der Waals surface area contributed by atoms with Gasteiger partial charge in [-0.3, -0.25) is 0 Å². The average molecular weight is 633 g/mol. The summed E-state index contributed by atoms with van der Waals surface area (Å²) >= 11 is 0. The van der Waals surface area contributed by atoms with Crippen molar-refractivity contribution in [3.63, 3.8) is 0 Å². The standard InChI is InChI=1S/C46H36N2O/c1-45(2)36-18-11-10-17-34(36)35-24-22-31(27-39(35)45)47(30-14-6-5-7-15-30)32-23-25-37-40(28-32)48-43-33-16-9-8-13-29(33)21-26-42(43)49-41-20-12-19-38(44(41)48)46(37,3)4/h5-28H,1-4H3. The largest absolute Gasteiger partial charge is 0.453 e. The van der Waals surface area contributed by atoms with Gasteiger partial charge in [-0.2, -0.15) is 0 Å². The molecule has 2 aliphatic heterocycles. The van der Waals surface area contributed by atoms with Gasteiger partial charge in [-0.15, -0.1) is 0 Å². The van der Waals surface area contributed by atoms with Gasteiger partial charge in [0.2, 0.25) is 0 Å². The van der Waals surface area contributed by atoms with E-state index in [4.69, 9.17) is 4.74 Å². The van der Waals surface area contributed by atoms with Crippen molar-refractivity contribution < 1.29 is 4.74 Å². The van der Waals surface area contributed by atoms with Gasteiger partial charge in [-0.05, 0) is 87.3 Å². The van der Waals surface area contributed by atoms with Gasteiger partial charge < -0.3 is 14.5 Å². The molecule has 0 N–H and O–H groups in total. The highest BCUT2D eigenvalue weighted by molar-refractivity contribution is 6.06. The maximum Gasteiger partial charge on any atom is 0.152 e. The fraction of sp³-hybridized carbons (Fsp3) is 0.130. The van der Waals surface area contributed by atoms with Crippen LogP contribution >= 0.6 is 0 Å². The third-order valence-corrected chi connectivity index (χ3v) is 11.2. The molecule has 1 aliphatic carbocycles. The Kier molecular flexibility index (Phi) is 5.69. The van der Waals surface area contributed by atoms with Crippen LogP contribution in [-0.2, 0) is 10.8 Å². The molecule has 0 bridgehead atoms. The summed E-state index contributed by atoms with van der Waals surface area (Å²) in [5, 5.41) is 2.37. The van der Waals surface area contributed by atoms with Crippen LogP contribution in [-0.4, -0.2) is 0 Å². The summed E-state index contributed by atoms with van der Waals surface area (Å²) < 4.78 is 6.69. The van der Waals surface area contributed by atoms with E-state index in [9.17, 15) is 0 Å². The molecule has 0 atom stereocenters. The first kappa shape index (κ1) is 28.2. The molecule has 0 radical (unpaired) electrons. The van der Waals surface area contributed by atoms with Gasteiger partial charge in [0.15, 0.2) is 11.5 Å². The SMILES string of the molecule is CC1(C)c2ccccc2-c2ccc(N(c3ccccc3)c3ccc4c(c3)N3c5c(cccc5C4(C)C)Oc4ccc5ccccc5c43)cc21. The summed E-state index contributed by atoms with van der Waals surface area (Å²) in [6.45, 7) is 9.38. The Bertz CT molecular complexity index is 2490. The lowest BCUT2D eigenvalue weighted by Crippen LogP contribution is -2.32. The van der Waals surface area contributed by atoms with E-state index in [0.29, 0.717) is 0 Å². The second kappa shape index (κ2) is 9.87. The lowest BCUT2D eigenvalue weighted by atomic mass is 9.73. The van der Waals surface area contributed by atoms with E-state index in [-0.39, 0.29) is 10.8 Å². The third kappa shape index (κ3) is 3.84. The van der Waals surface area contributed by atoms with E-state index in [1.165, 1.54) is 49.8 Å². The van der Waals surface area contributed by atoms with Crippen LogP contribution in [0.1, 0.15) is 49.9 Å². The number of fused-ring (bicyclic) bond motifs is 9. The normalized spacial score (nSPS) is 15.4. The molecule has 0 aromatic heterocycles. The Morgan fingerprint density at radius 1 is 0.469 bits per heavy atom. The third-order valence-electron chi connectivity index (χ3n) is 11.2. The molecule has 7 aromatic rings. The van der Waals surface area contributed by atoms with Crippen LogP contribution in [0.15, 0.2) is 146 Å². The summed E-state index contributed by atoms with van der Waals surface area (Å²) in [6.07, 6.45) is 0. The van der Waals surface area contributed by atoms with E-state index < -0.39 is 0 Å². The molecule has 2 heterocycles. The quantitative estimate of drug-likeness (QED) is 0.193. The first-order chi connectivity index (χ1) is 23.8.